The summed E-state index contributed by atoms with van der Waals surface area (Å²) in [6.45, 7) is 3.66. The van der Waals surface area contributed by atoms with Gasteiger partial charge in [0.15, 0.2) is 6.29 Å². The molecule has 1 heterocycles. The zero-order valence-corrected chi connectivity index (χ0v) is 49.7. The molecule has 1 aliphatic heterocycles. The lowest BCUT2D eigenvalue weighted by molar-refractivity contribution is -0.303. The first-order valence-electron chi connectivity index (χ1n) is 33.3. The van der Waals surface area contributed by atoms with Crippen molar-refractivity contribution in [2.24, 2.45) is 0 Å². The highest BCUT2D eigenvalue weighted by Crippen LogP contribution is 2.24. The summed E-state index contributed by atoms with van der Waals surface area (Å²) in [4.78, 5) is 13.1. The van der Waals surface area contributed by atoms with Crippen LogP contribution in [0.5, 0.6) is 0 Å². The molecule has 1 rings (SSSR count). The Morgan fingerprint density at radius 3 is 0.987 bits per heavy atom. The zero-order valence-electron chi connectivity index (χ0n) is 49.7. The highest BCUT2D eigenvalue weighted by atomic mass is 16.7. The van der Waals surface area contributed by atoms with Gasteiger partial charge in [0.25, 0.3) is 0 Å². The highest BCUT2D eigenvalue weighted by Gasteiger charge is 2.44. The smallest absolute Gasteiger partial charge is 0.220 e. The second kappa shape index (κ2) is 55.1. The maximum absolute atomic E-state index is 13.1. The third-order valence-corrected chi connectivity index (χ3v) is 16.6. The molecule has 1 saturated heterocycles. The fourth-order valence-electron chi connectivity index (χ4n) is 11.3. The molecule has 10 heteroatoms. The minimum absolute atomic E-state index is 0.249. The van der Waals surface area contributed by atoms with Gasteiger partial charge in [-0.2, -0.15) is 0 Å². The van der Waals surface area contributed by atoms with Gasteiger partial charge in [-0.3, -0.25) is 4.79 Å². The van der Waals surface area contributed by atoms with Crippen LogP contribution < -0.4 is 5.32 Å². The Kier molecular flexibility index (Phi) is 53.0. The molecule has 0 radical (unpaired) electrons. The molecule has 8 atom stereocenters. The average molecular weight is 1070 g/mol. The summed E-state index contributed by atoms with van der Waals surface area (Å²) in [5.74, 6) is -0.249. The van der Waals surface area contributed by atoms with E-state index in [9.17, 15) is 35.4 Å². The first-order valence-corrected chi connectivity index (χ1v) is 33.3. The van der Waals surface area contributed by atoms with Gasteiger partial charge in [0.2, 0.25) is 5.91 Å². The molecule has 0 aliphatic carbocycles. The van der Waals surface area contributed by atoms with Crippen LogP contribution in [0.25, 0.3) is 0 Å². The third kappa shape index (κ3) is 43.6. The van der Waals surface area contributed by atoms with Crippen molar-refractivity contribution in [3.63, 3.8) is 0 Å². The van der Waals surface area contributed by atoms with Crippen LogP contribution in [-0.4, -0.2) is 98.7 Å². The Balaban J connectivity index is 2.07. The van der Waals surface area contributed by atoms with Crippen LogP contribution in [0.4, 0.5) is 0 Å². The molecule has 1 amide bonds. The molecule has 0 bridgehead atoms. The summed E-state index contributed by atoms with van der Waals surface area (Å²) >= 11 is 0. The number of nitrogens with one attached hydrogen (secondary N) is 1. The minimum Gasteiger partial charge on any atom is -0.394 e. The normalized spacial score (nSPS) is 19.2. The van der Waals surface area contributed by atoms with Gasteiger partial charge in [-0.1, -0.05) is 328 Å². The standard InChI is InChI=1S/C65H129NO9/c1-3-5-7-9-11-13-15-17-19-20-21-22-23-24-25-26-27-28-29-30-31-32-33-34-35-36-37-38-39-40-42-44-46-48-50-52-54-60(69)66-57(56-74-65-64(73)63(72)62(71)59(55-67)75-65)61(70)58(68)53-51-49-47-45-43-41-18-16-14-12-10-8-6-4-2/h57-59,61-65,67-68,70-73H,3-56H2,1-2H3,(H,66,69)/t57-,58+,59+,61-,62-,63?,64?,65+/m0/s1. The van der Waals surface area contributed by atoms with Crippen molar-refractivity contribution in [1.29, 1.82) is 0 Å². The fraction of sp³-hybridized carbons (Fsp3) is 0.985. The van der Waals surface area contributed by atoms with E-state index < -0.39 is 55.6 Å². The Hall–Kier alpha value is -0.850. The second-order valence-electron chi connectivity index (χ2n) is 23.8. The predicted octanol–water partition coefficient (Wildman–Crippen LogP) is 16.3. The number of amides is 1. The third-order valence-electron chi connectivity index (χ3n) is 16.6. The summed E-state index contributed by atoms with van der Waals surface area (Å²) in [7, 11) is 0. The van der Waals surface area contributed by atoms with Crippen LogP contribution in [0.2, 0.25) is 0 Å². The van der Waals surface area contributed by atoms with Gasteiger partial charge in [0, 0.05) is 6.42 Å². The molecule has 1 aliphatic rings. The summed E-state index contributed by atoms with van der Waals surface area (Å²) in [5, 5.41) is 65.6. The van der Waals surface area contributed by atoms with Crippen molar-refractivity contribution in [2.45, 2.75) is 397 Å². The maximum atomic E-state index is 13.1. The van der Waals surface area contributed by atoms with E-state index in [4.69, 9.17) is 9.47 Å². The second-order valence-corrected chi connectivity index (χ2v) is 23.8. The molecule has 0 aromatic carbocycles. The van der Waals surface area contributed by atoms with Crippen molar-refractivity contribution in [3.8, 4) is 0 Å². The Morgan fingerprint density at radius 1 is 0.413 bits per heavy atom. The number of aliphatic hydroxyl groups excluding tert-OH is 6. The highest BCUT2D eigenvalue weighted by molar-refractivity contribution is 5.76. The molecule has 7 N–H and O–H groups in total. The molecule has 75 heavy (non-hydrogen) atoms. The molecule has 448 valence electrons. The van der Waals surface area contributed by atoms with E-state index in [-0.39, 0.29) is 18.9 Å². The first-order chi connectivity index (χ1) is 36.8. The Morgan fingerprint density at radius 2 is 0.693 bits per heavy atom. The quantitative estimate of drug-likeness (QED) is 0.0293. The maximum Gasteiger partial charge on any atom is 0.220 e. The number of carbonyl (C=O) groups is 1. The molecule has 0 aromatic rings. The first kappa shape index (κ1) is 72.2. The zero-order chi connectivity index (χ0) is 54.5. The molecular formula is C65H129NO9. The topological polar surface area (TPSA) is 169 Å². The summed E-state index contributed by atoms with van der Waals surface area (Å²) in [6.07, 6.45) is 57.4. The number of ether oxygens (including phenoxy) is 2. The SMILES string of the molecule is CCCCCCCCCCCCCCCCCCCCCCCCCCCCCCCCCCCCCCC(=O)N[C@@H](CO[C@@H]1O[C@H](CO)[C@H](O)C(O)C1O)[C@H](O)[C@H](O)CCCCCCCCCCCCCCCC. The van der Waals surface area contributed by atoms with Crippen molar-refractivity contribution in [1.82, 2.24) is 5.32 Å². The summed E-state index contributed by atoms with van der Waals surface area (Å²) in [5.41, 5.74) is 0. The number of unbranched alkanes of at least 4 members (excludes halogenated alkanes) is 48. The van der Waals surface area contributed by atoms with E-state index in [0.29, 0.717) is 6.42 Å². The van der Waals surface area contributed by atoms with Gasteiger partial charge in [-0.05, 0) is 12.8 Å². The van der Waals surface area contributed by atoms with Crippen LogP contribution in [0.3, 0.4) is 0 Å². The Labute approximate surface area is 464 Å². The van der Waals surface area contributed by atoms with Gasteiger partial charge in [-0.15, -0.1) is 0 Å². The molecule has 0 aromatic heterocycles. The van der Waals surface area contributed by atoms with Gasteiger partial charge in [0.05, 0.1) is 25.4 Å². The minimum atomic E-state index is -1.60. The van der Waals surface area contributed by atoms with E-state index in [2.05, 4.69) is 19.2 Å². The van der Waals surface area contributed by atoms with Crippen molar-refractivity contribution in [3.05, 3.63) is 0 Å². The molecule has 0 spiro atoms. The lowest BCUT2D eigenvalue weighted by Gasteiger charge is -2.40. The lowest BCUT2D eigenvalue weighted by Crippen LogP contribution is -2.60. The van der Waals surface area contributed by atoms with Crippen molar-refractivity contribution >= 4 is 5.91 Å². The van der Waals surface area contributed by atoms with E-state index >= 15 is 0 Å². The van der Waals surface area contributed by atoms with E-state index in [1.807, 2.05) is 0 Å². The Bertz CT molecular complexity index is 1160. The van der Waals surface area contributed by atoms with E-state index in [1.165, 1.54) is 283 Å². The lowest BCUT2D eigenvalue weighted by atomic mass is 9.98. The van der Waals surface area contributed by atoms with Gasteiger partial charge >= 0.3 is 0 Å². The van der Waals surface area contributed by atoms with Gasteiger partial charge in [-0.25, -0.2) is 0 Å². The van der Waals surface area contributed by atoms with Crippen LogP contribution in [0, 0.1) is 0 Å². The van der Waals surface area contributed by atoms with Crippen molar-refractivity contribution in [2.75, 3.05) is 13.2 Å². The van der Waals surface area contributed by atoms with Gasteiger partial charge in [0.1, 0.15) is 30.5 Å². The summed E-state index contributed by atoms with van der Waals surface area (Å²) in [6, 6.07) is -0.987. The van der Waals surface area contributed by atoms with Crippen LogP contribution >= 0.6 is 0 Å². The van der Waals surface area contributed by atoms with Crippen LogP contribution in [-0.2, 0) is 14.3 Å². The largest absolute Gasteiger partial charge is 0.394 e. The molecule has 2 unspecified atom stereocenters. The molecule has 0 saturated carbocycles. The van der Waals surface area contributed by atoms with Gasteiger partial charge < -0.3 is 45.4 Å². The number of hydrogen-bond acceptors (Lipinski definition) is 9. The van der Waals surface area contributed by atoms with E-state index in [0.717, 1.165) is 38.5 Å². The number of rotatable bonds is 59. The number of hydrogen-bond donors (Lipinski definition) is 7. The monoisotopic (exact) mass is 1070 g/mol. The summed E-state index contributed by atoms with van der Waals surface area (Å²) < 4.78 is 11.2. The number of carbonyl (C=O) groups excluding carboxylic acids is 1. The molecular weight excluding hydrogens is 939 g/mol. The van der Waals surface area contributed by atoms with Crippen LogP contribution in [0.1, 0.15) is 348 Å². The molecule has 1 fully saturated rings. The predicted molar refractivity (Wildman–Crippen MR) is 315 cm³/mol. The van der Waals surface area contributed by atoms with E-state index in [1.54, 1.807) is 0 Å². The van der Waals surface area contributed by atoms with Crippen LogP contribution in [0.15, 0.2) is 0 Å². The molecule has 10 nitrogen and oxygen atoms in total. The fourth-order valence-corrected chi connectivity index (χ4v) is 11.3. The number of aliphatic hydroxyl groups is 6. The average Bonchev–Trinajstić information content (AvgIpc) is 3.41. The van der Waals surface area contributed by atoms with Crippen molar-refractivity contribution < 1.29 is 44.9 Å².